The molecule has 0 radical (unpaired) electrons. The lowest BCUT2D eigenvalue weighted by Crippen LogP contribution is -2.28. The SMILES string of the molecule is CC(C)CCCC(CNC(C)C)c1cccc(F)c1. The summed E-state index contributed by atoms with van der Waals surface area (Å²) in [5, 5.41) is 3.48. The fraction of sp³-hybridized carbons (Fsp3) is 0.647. The highest BCUT2D eigenvalue weighted by Gasteiger charge is 2.13. The number of hydrogen-bond acceptors (Lipinski definition) is 1. The van der Waals surface area contributed by atoms with Crippen LogP contribution in [0.15, 0.2) is 24.3 Å². The van der Waals surface area contributed by atoms with E-state index in [1.165, 1.54) is 18.9 Å². The molecule has 0 heterocycles. The van der Waals surface area contributed by atoms with Gasteiger partial charge in [0, 0.05) is 12.6 Å². The second-order valence-corrected chi connectivity index (χ2v) is 6.14. The molecular formula is C17H28FN. The van der Waals surface area contributed by atoms with Crippen LogP contribution in [0.25, 0.3) is 0 Å². The smallest absolute Gasteiger partial charge is 0.123 e. The normalized spacial score (nSPS) is 13.2. The van der Waals surface area contributed by atoms with E-state index in [0.29, 0.717) is 12.0 Å². The number of rotatable bonds is 8. The van der Waals surface area contributed by atoms with Crippen molar-refractivity contribution in [3.05, 3.63) is 35.6 Å². The molecule has 2 heteroatoms. The van der Waals surface area contributed by atoms with Gasteiger partial charge >= 0.3 is 0 Å². The largest absolute Gasteiger partial charge is 0.314 e. The molecule has 108 valence electrons. The number of nitrogens with one attached hydrogen (secondary N) is 1. The fourth-order valence-corrected chi connectivity index (χ4v) is 2.30. The third-order valence-corrected chi connectivity index (χ3v) is 3.43. The predicted molar refractivity (Wildman–Crippen MR) is 81.0 cm³/mol. The maximum atomic E-state index is 13.4. The molecule has 0 bridgehead atoms. The monoisotopic (exact) mass is 265 g/mol. The summed E-state index contributed by atoms with van der Waals surface area (Å²) in [5.41, 5.74) is 1.12. The van der Waals surface area contributed by atoms with Crippen LogP contribution in [0.3, 0.4) is 0 Å². The molecule has 0 saturated heterocycles. The van der Waals surface area contributed by atoms with E-state index in [4.69, 9.17) is 0 Å². The minimum Gasteiger partial charge on any atom is -0.314 e. The van der Waals surface area contributed by atoms with Crippen LogP contribution >= 0.6 is 0 Å². The zero-order valence-electron chi connectivity index (χ0n) is 12.7. The molecule has 1 atom stereocenters. The van der Waals surface area contributed by atoms with Gasteiger partial charge in [-0.15, -0.1) is 0 Å². The molecule has 0 saturated carbocycles. The Morgan fingerprint density at radius 3 is 2.42 bits per heavy atom. The lowest BCUT2D eigenvalue weighted by molar-refractivity contribution is 0.462. The molecule has 0 aliphatic rings. The molecule has 1 N–H and O–H groups in total. The summed E-state index contributed by atoms with van der Waals surface area (Å²) in [6.07, 6.45) is 3.58. The summed E-state index contributed by atoms with van der Waals surface area (Å²) in [6, 6.07) is 7.54. The first kappa shape index (κ1) is 16.2. The summed E-state index contributed by atoms with van der Waals surface area (Å²) in [4.78, 5) is 0. The first-order chi connectivity index (χ1) is 8.99. The van der Waals surface area contributed by atoms with E-state index >= 15 is 0 Å². The highest BCUT2D eigenvalue weighted by Crippen LogP contribution is 2.23. The molecule has 1 aromatic rings. The van der Waals surface area contributed by atoms with E-state index in [-0.39, 0.29) is 5.82 Å². The summed E-state index contributed by atoms with van der Waals surface area (Å²) < 4.78 is 13.4. The van der Waals surface area contributed by atoms with Gasteiger partial charge in [-0.2, -0.15) is 0 Å². The van der Waals surface area contributed by atoms with Crippen molar-refractivity contribution in [2.45, 2.75) is 58.9 Å². The van der Waals surface area contributed by atoms with Gasteiger partial charge < -0.3 is 5.32 Å². The standard InChI is InChI=1S/C17H28FN/c1-13(2)7-5-9-16(12-19-14(3)4)15-8-6-10-17(18)11-15/h6,8,10-11,13-14,16,19H,5,7,9,12H2,1-4H3. The van der Waals surface area contributed by atoms with E-state index in [9.17, 15) is 4.39 Å². The maximum absolute atomic E-state index is 13.4. The Bertz CT molecular complexity index is 360. The average molecular weight is 265 g/mol. The zero-order chi connectivity index (χ0) is 14.3. The van der Waals surface area contributed by atoms with Crippen LogP contribution in [0.4, 0.5) is 4.39 Å². The van der Waals surface area contributed by atoms with Gasteiger partial charge in [-0.1, -0.05) is 52.7 Å². The Morgan fingerprint density at radius 2 is 1.84 bits per heavy atom. The van der Waals surface area contributed by atoms with E-state index < -0.39 is 0 Å². The molecular weight excluding hydrogens is 237 g/mol. The van der Waals surface area contributed by atoms with Crippen molar-refractivity contribution in [2.75, 3.05) is 6.54 Å². The van der Waals surface area contributed by atoms with Crippen LogP contribution in [0, 0.1) is 11.7 Å². The molecule has 1 unspecified atom stereocenters. The van der Waals surface area contributed by atoms with Gasteiger partial charge in [0.2, 0.25) is 0 Å². The van der Waals surface area contributed by atoms with E-state index in [1.54, 1.807) is 6.07 Å². The number of hydrogen-bond donors (Lipinski definition) is 1. The summed E-state index contributed by atoms with van der Waals surface area (Å²) in [5.74, 6) is 1.03. The van der Waals surface area contributed by atoms with E-state index in [0.717, 1.165) is 24.4 Å². The Hall–Kier alpha value is -0.890. The molecule has 1 nitrogen and oxygen atoms in total. The van der Waals surface area contributed by atoms with Crippen molar-refractivity contribution in [1.82, 2.24) is 5.32 Å². The van der Waals surface area contributed by atoms with Crippen molar-refractivity contribution in [2.24, 2.45) is 5.92 Å². The Labute approximate surface area is 117 Å². The third kappa shape index (κ3) is 6.72. The second-order valence-electron chi connectivity index (χ2n) is 6.14. The first-order valence-corrected chi connectivity index (χ1v) is 7.48. The van der Waals surface area contributed by atoms with Gasteiger partial charge in [-0.05, 0) is 36.0 Å². The molecule has 1 rings (SSSR count). The molecule has 0 aromatic heterocycles. The Morgan fingerprint density at radius 1 is 1.11 bits per heavy atom. The minimum absolute atomic E-state index is 0.129. The zero-order valence-corrected chi connectivity index (χ0v) is 12.7. The Balaban J connectivity index is 2.62. The summed E-state index contributed by atoms with van der Waals surface area (Å²) in [6.45, 7) is 9.74. The molecule has 0 fully saturated rings. The topological polar surface area (TPSA) is 12.0 Å². The van der Waals surface area contributed by atoms with Crippen LogP contribution in [0.2, 0.25) is 0 Å². The summed E-state index contributed by atoms with van der Waals surface area (Å²) >= 11 is 0. The quantitative estimate of drug-likeness (QED) is 0.716. The lowest BCUT2D eigenvalue weighted by atomic mass is 9.91. The predicted octanol–water partition coefficient (Wildman–Crippen LogP) is 4.73. The highest BCUT2D eigenvalue weighted by atomic mass is 19.1. The van der Waals surface area contributed by atoms with Crippen LogP contribution in [0.5, 0.6) is 0 Å². The number of benzene rings is 1. The van der Waals surface area contributed by atoms with Crippen molar-refractivity contribution in [3.8, 4) is 0 Å². The minimum atomic E-state index is -0.129. The van der Waals surface area contributed by atoms with Gasteiger partial charge in [-0.3, -0.25) is 0 Å². The second kappa shape index (κ2) is 8.31. The van der Waals surface area contributed by atoms with Crippen molar-refractivity contribution in [3.63, 3.8) is 0 Å². The maximum Gasteiger partial charge on any atom is 0.123 e. The van der Waals surface area contributed by atoms with Gasteiger partial charge in [0.25, 0.3) is 0 Å². The Kier molecular flexibility index (Phi) is 7.07. The molecule has 0 aliphatic carbocycles. The fourth-order valence-electron chi connectivity index (χ4n) is 2.30. The molecule has 0 amide bonds. The highest BCUT2D eigenvalue weighted by molar-refractivity contribution is 5.21. The first-order valence-electron chi connectivity index (χ1n) is 7.48. The third-order valence-electron chi connectivity index (χ3n) is 3.43. The average Bonchev–Trinajstić information content (AvgIpc) is 2.32. The van der Waals surface area contributed by atoms with Gasteiger partial charge in [-0.25, -0.2) is 4.39 Å². The molecule has 1 aromatic carbocycles. The van der Waals surface area contributed by atoms with Crippen LogP contribution in [-0.2, 0) is 0 Å². The molecule has 0 aliphatic heterocycles. The van der Waals surface area contributed by atoms with E-state index in [2.05, 4.69) is 33.0 Å². The van der Waals surface area contributed by atoms with Crippen molar-refractivity contribution < 1.29 is 4.39 Å². The molecule has 19 heavy (non-hydrogen) atoms. The van der Waals surface area contributed by atoms with Gasteiger partial charge in [0.1, 0.15) is 5.82 Å². The lowest BCUT2D eigenvalue weighted by Gasteiger charge is -2.20. The van der Waals surface area contributed by atoms with Gasteiger partial charge in [0.05, 0.1) is 0 Å². The van der Waals surface area contributed by atoms with Crippen molar-refractivity contribution >= 4 is 0 Å². The van der Waals surface area contributed by atoms with Crippen LogP contribution in [-0.4, -0.2) is 12.6 Å². The summed E-state index contributed by atoms with van der Waals surface area (Å²) in [7, 11) is 0. The van der Waals surface area contributed by atoms with Crippen LogP contribution < -0.4 is 5.32 Å². The number of halogens is 1. The van der Waals surface area contributed by atoms with Crippen LogP contribution in [0.1, 0.15) is 58.4 Å². The van der Waals surface area contributed by atoms with Gasteiger partial charge in [0.15, 0.2) is 0 Å². The van der Waals surface area contributed by atoms with E-state index in [1.807, 2.05) is 12.1 Å². The van der Waals surface area contributed by atoms with Crippen molar-refractivity contribution in [1.29, 1.82) is 0 Å². The molecule has 0 spiro atoms.